The summed E-state index contributed by atoms with van der Waals surface area (Å²) in [6.45, 7) is 0. The lowest BCUT2D eigenvalue weighted by Gasteiger charge is -2.05. The van der Waals surface area contributed by atoms with Gasteiger partial charge in [0.2, 0.25) is 0 Å². The first-order valence-electron chi connectivity index (χ1n) is 5.29. The molecule has 92 valence electrons. The Morgan fingerprint density at radius 1 is 1.06 bits per heavy atom. The summed E-state index contributed by atoms with van der Waals surface area (Å²) in [5, 5.41) is 0.0853. The molecule has 2 aromatic carbocycles. The van der Waals surface area contributed by atoms with Crippen molar-refractivity contribution in [2.45, 2.75) is 6.42 Å². The third kappa shape index (κ3) is 2.74. The average Bonchev–Trinajstić information content (AvgIpc) is 2.32. The Labute approximate surface area is 108 Å². The van der Waals surface area contributed by atoms with Crippen molar-refractivity contribution in [2.24, 2.45) is 0 Å². The lowest BCUT2D eigenvalue weighted by atomic mass is 10.0. The number of rotatable bonds is 3. The summed E-state index contributed by atoms with van der Waals surface area (Å²) in [5.41, 5.74) is 0.490. The Kier molecular flexibility index (Phi) is 3.72. The predicted molar refractivity (Wildman–Crippen MR) is 65.8 cm³/mol. The molecule has 0 aromatic heterocycles. The van der Waals surface area contributed by atoms with Crippen molar-refractivity contribution < 1.29 is 13.6 Å². The maximum Gasteiger partial charge on any atom is 0.171 e. The third-order valence-corrected chi connectivity index (χ3v) is 2.83. The van der Waals surface area contributed by atoms with Gasteiger partial charge in [0.25, 0.3) is 0 Å². The first-order valence-corrected chi connectivity index (χ1v) is 5.67. The van der Waals surface area contributed by atoms with Gasteiger partial charge in [-0.3, -0.25) is 4.79 Å². The molecule has 4 heteroatoms. The topological polar surface area (TPSA) is 17.1 Å². The second-order valence-electron chi connectivity index (χ2n) is 3.82. The highest BCUT2D eigenvalue weighted by Gasteiger charge is 2.15. The zero-order chi connectivity index (χ0) is 13.1. The molecule has 1 nitrogen and oxygen atoms in total. The summed E-state index contributed by atoms with van der Waals surface area (Å²) in [6, 6.07) is 9.57. The van der Waals surface area contributed by atoms with E-state index in [1.54, 1.807) is 0 Å². The Hall–Kier alpha value is -1.74. The van der Waals surface area contributed by atoms with E-state index in [2.05, 4.69) is 0 Å². The first-order chi connectivity index (χ1) is 8.58. The molecular weight excluding hydrogens is 258 g/mol. The molecule has 0 radical (unpaired) electrons. The highest BCUT2D eigenvalue weighted by molar-refractivity contribution is 6.34. The first kappa shape index (κ1) is 12.7. The summed E-state index contributed by atoms with van der Waals surface area (Å²) in [6.07, 6.45) is -0.0130. The van der Waals surface area contributed by atoms with E-state index < -0.39 is 11.6 Å². The molecule has 0 aliphatic heterocycles. The molecule has 0 amide bonds. The lowest BCUT2D eigenvalue weighted by molar-refractivity contribution is 0.0989. The molecule has 0 saturated carbocycles. The van der Waals surface area contributed by atoms with Gasteiger partial charge < -0.3 is 0 Å². The number of halogens is 3. The van der Waals surface area contributed by atoms with Crippen LogP contribution in [0.15, 0.2) is 42.5 Å². The number of hydrogen-bond acceptors (Lipinski definition) is 1. The molecule has 0 heterocycles. The van der Waals surface area contributed by atoms with Crippen LogP contribution in [0.4, 0.5) is 8.78 Å². The lowest BCUT2D eigenvalue weighted by Crippen LogP contribution is -2.07. The average molecular weight is 267 g/mol. The molecule has 2 aromatic rings. The van der Waals surface area contributed by atoms with Crippen LogP contribution < -0.4 is 0 Å². The van der Waals surface area contributed by atoms with Gasteiger partial charge in [0, 0.05) is 6.42 Å². The highest BCUT2D eigenvalue weighted by atomic mass is 35.5. The zero-order valence-corrected chi connectivity index (χ0v) is 10.0. The Morgan fingerprint density at radius 2 is 1.72 bits per heavy atom. The monoisotopic (exact) mass is 266 g/mol. The molecule has 0 bridgehead atoms. The van der Waals surface area contributed by atoms with E-state index in [1.807, 2.05) is 0 Å². The second kappa shape index (κ2) is 5.27. The van der Waals surface area contributed by atoms with E-state index in [4.69, 9.17) is 11.6 Å². The minimum absolute atomic E-state index is 0.0130. The normalized spacial score (nSPS) is 10.4. The van der Waals surface area contributed by atoms with E-state index >= 15 is 0 Å². The standard InChI is InChI=1S/C14H9ClF2O/c15-11-2-1-3-12(17)14(11)13(18)8-9-4-6-10(16)7-5-9/h1-7H,8H2. The van der Waals surface area contributed by atoms with E-state index in [-0.39, 0.29) is 22.8 Å². The number of benzene rings is 2. The van der Waals surface area contributed by atoms with Gasteiger partial charge in [0.15, 0.2) is 5.78 Å². The zero-order valence-electron chi connectivity index (χ0n) is 9.29. The van der Waals surface area contributed by atoms with E-state index in [0.29, 0.717) is 5.56 Å². The van der Waals surface area contributed by atoms with Crippen molar-refractivity contribution >= 4 is 17.4 Å². The van der Waals surface area contributed by atoms with Crippen LogP contribution in [-0.4, -0.2) is 5.78 Å². The van der Waals surface area contributed by atoms with Crippen LogP contribution in [0.2, 0.25) is 5.02 Å². The van der Waals surface area contributed by atoms with Crippen molar-refractivity contribution in [1.29, 1.82) is 0 Å². The van der Waals surface area contributed by atoms with Gasteiger partial charge in [0.1, 0.15) is 11.6 Å². The molecule has 0 aliphatic rings. The maximum absolute atomic E-state index is 13.5. The van der Waals surface area contributed by atoms with Gasteiger partial charge >= 0.3 is 0 Å². The molecule has 0 atom stereocenters. The molecule has 0 fully saturated rings. The molecule has 0 N–H and O–H groups in total. The van der Waals surface area contributed by atoms with Crippen molar-refractivity contribution in [3.63, 3.8) is 0 Å². The highest BCUT2D eigenvalue weighted by Crippen LogP contribution is 2.21. The summed E-state index contributed by atoms with van der Waals surface area (Å²) >= 11 is 5.80. The summed E-state index contributed by atoms with van der Waals surface area (Å²) in [7, 11) is 0. The van der Waals surface area contributed by atoms with Crippen LogP contribution >= 0.6 is 11.6 Å². The summed E-state index contributed by atoms with van der Waals surface area (Å²) in [4.78, 5) is 11.9. The number of Topliss-reactive ketones (excluding diaryl/α,β-unsaturated/α-hetero) is 1. The molecule has 2 rings (SSSR count). The largest absolute Gasteiger partial charge is 0.294 e. The number of ketones is 1. The fraction of sp³-hybridized carbons (Fsp3) is 0.0714. The molecule has 18 heavy (non-hydrogen) atoms. The Bertz CT molecular complexity index is 559. The fourth-order valence-electron chi connectivity index (χ4n) is 1.64. The maximum atomic E-state index is 13.5. The smallest absolute Gasteiger partial charge is 0.171 e. The number of hydrogen-bond donors (Lipinski definition) is 0. The SMILES string of the molecule is O=C(Cc1ccc(F)cc1)c1c(F)cccc1Cl. The number of carbonyl (C=O) groups excluding carboxylic acids is 1. The second-order valence-corrected chi connectivity index (χ2v) is 4.23. The fourth-order valence-corrected chi connectivity index (χ4v) is 1.91. The van der Waals surface area contributed by atoms with Gasteiger partial charge in [-0.05, 0) is 29.8 Å². The van der Waals surface area contributed by atoms with Gasteiger partial charge in [-0.25, -0.2) is 8.78 Å². The number of carbonyl (C=O) groups is 1. The molecule has 0 unspecified atom stereocenters. The Morgan fingerprint density at radius 3 is 2.33 bits per heavy atom. The van der Waals surface area contributed by atoms with Gasteiger partial charge in [-0.2, -0.15) is 0 Å². The van der Waals surface area contributed by atoms with Crippen LogP contribution in [0.3, 0.4) is 0 Å². The Balaban J connectivity index is 2.25. The van der Waals surface area contributed by atoms with Gasteiger partial charge in [0.05, 0.1) is 10.6 Å². The molecular formula is C14H9ClF2O. The van der Waals surface area contributed by atoms with Crippen molar-refractivity contribution in [1.82, 2.24) is 0 Å². The van der Waals surface area contributed by atoms with Crippen LogP contribution in [0.25, 0.3) is 0 Å². The predicted octanol–water partition coefficient (Wildman–Crippen LogP) is 4.04. The minimum Gasteiger partial charge on any atom is -0.294 e. The summed E-state index contributed by atoms with van der Waals surface area (Å²) in [5.74, 6) is -1.45. The van der Waals surface area contributed by atoms with Crippen LogP contribution in [0.1, 0.15) is 15.9 Å². The molecule has 0 aliphatic carbocycles. The van der Waals surface area contributed by atoms with Crippen LogP contribution in [0, 0.1) is 11.6 Å². The minimum atomic E-state index is -0.644. The van der Waals surface area contributed by atoms with E-state index in [1.165, 1.54) is 42.5 Å². The van der Waals surface area contributed by atoms with E-state index in [0.717, 1.165) is 0 Å². The quantitative estimate of drug-likeness (QED) is 0.766. The van der Waals surface area contributed by atoms with Crippen molar-refractivity contribution in [3.8, 4) is 0 Å². The van der Waals surface area contributed by atoms with Crippen molar-refractivity contribution in [3.05, 3.63) is 70.2 Å². The van der Waals surface area contributed by atoms with Crippen LogP contribution in [-0.2, 0) is 6.42 Å². The van der Waals surface area contributed by atoms with E-state index in [9.17, 15) is 13.6 Å². The molecule has 0 saturated heterocycles. The van der Waals surface area contributed by atoms with Gasteiger partial charge in [-0.15, -0.1) is 0 Å². The van der Waals surface area contributed by atoms with Gasteiger partial charge in [-0.1, -0.05) is 29.8 Å². The molecule has 0 spiro atoms. The van der Waals surface area contributed by atoms with Crippen LogP contribution in [0.5, 0.6) is 0 Å². The third-order valence-electron chi connectivity index (χ3n) is 2.52. The summed E-state index contributed by atoms with van der Waals surface area (Å²) < 4.78 is 26.2. The van der Waals surface area contributed by atoms with Crippen molar-refractivity contribution in [2.75, 3.05) is 0 Å².